The third kappa shape index (κ3) is 4.34. The summed E-state index contributed by atoms with van der Waals surface area (Å²) in [4.78, 5) is 34.7. The Morgan fingerprint density at radius 1 is 0.818 bits per heavy atom. The Balaban J connectivity index is 2.86. The first-order valence-electron chi connectivity index (χ1n) is 6.24. The van der Waals surface area contributed by atoms with Crippen molar-refractivity contribution >= 4 is 11.0 Å². The summed E-state index contributed by atoms with van der Waals surface area (Å²) in [5, 5.41) is 8.94. The van der Waals surface area contributed by atoms with Crippen LogP contribution in [0.15, 0.2) is 79.6 Å². The van der Waals surface area contributed by atoms with Gasteiger partial charge in [-0.2, -0.15) is 0 Å². The number of nitrogens with one attached hydrogen (secondary N) is 1. The van der Waals surface area contributed by atoms with Gasteiger partial charge in [-0.15, -0.1) is 0 Å². The number of aromatic amines is 1. The molecule has 0 fully saturated rings. The lowest BCUT2D eigenvalue weighted by Crippen LogP contribution is -2.03. The average molecular weight is 297 g/mol. The van der Waals surface area contributed by atoms with Crippen molar-refractivity contribution < 1.29 is 4.52 Å². The minimum Gasteiger partial charge on any atom is -0.337 e. The number of benzene rings is 1. The maximum absolute atomic E-state index is 12.0. The van der Waals surface area contributed by atoms with E-state index in [4.69, 9.17) is 4.52 Å². The van der Waals surface area contributed by atoms with Gasteiger partial charge in [-0.25, -0.2) is 5.10 Å². The Kier molecular flexibility index (Phi) is 5.09. The number of H-pyrrole nitrogens is 1. The molecule has 2 rings (SSSR count). The van der Waals surface area contributed by atoms with E-state index in [2.05, 4.69) is 10.5 Å². The molecule has 0 aliphatic carbocycles. The molecule has 0 spiro atoms. The Labute approximate surface area is 123 Å². The SMILES string of the molecule is O=c1ccccc(=O)c2ccccc2onn[nH]c(=O)cc1. The lowest BCUT2D eigenvalue weighted by molar-refractivity contribution is 0.389. The standard InChI is InChI=1S/C15H11N3O4/c19-11-5-1-3-7-13(20)12-6-2-4-8-14(12)22-18-17-16-15(21)10-9-11/h1-10H,(H,16,18,21). The quantitative estimate of drug-likeness (QED) is 0.773. The Morgan fingerprint density at radius 3 is 2.41 bits per heavy atom. The molecule has 1 aromatic carbocycles. The molecule has 7 nitrogen and oxygen atoms in total. The zero-order valence-electron chi connectivity index (χ0n) is 11.3. The van der Waals surface area contributed by atoms with E-state index in [1.807, 2.05) is 5.10 Å². The third-order valence-electron chi connectivity index (χ3n) is 2.51. The molecule has 1 heterocycles. The smallest absolute Gasteiger partial charge is 0.265 e. The Bertz CT molecular complexity index is 964. The summed E-state index contributed by atoms with van der Waals surface area (Å²) in [5.41, 5.74) is -1.17. The molecule has 1 aromatic heterocycles. The van der Waals surface area contributed by atoms with Crippen molar-refractivity contribution in [2.75, 3.05) is 0 Å². The zero-order valence-corrected chi connectivity index (χ0v) is 11.3. The summed E-state index contributed by atoms with van der Waals surface area (Å²) in [5.74, 6) is 0. The van der Waals surface area contributed by atoms with Crippen LogP contribution in [0, 0.1) is 0 Å². The van der Waals surface area contributed by atoms with Gasteiger partial charge in [0, 0.05) is 6.07 Å². The van der Waals surface area contributed by atoms with E-state index in [-0.39, 0.29) is 16.4 Å². The van der Waals surface area contributed by atoms with Crippen LogP contribution in [0.5, 0.6) is 0 Å². The summed E-state index contributed by atoms with van der Waals surface area (Å²) in [7, 11) is 0. The summed E-state index contributed by atoms with van der Waals surface area (Å²) >= 11 is 0. The van der Waals surface area contributed by atoms with Crippen molar-refractivity contribution in [3.8, 4) is 0 Å². The maximum Gasteiger partial charge on any atom is 0.265 e. The number of hydrogen-bond acceptors (Lipinski definition) is 6. The van der Waals surface area contributed by atoms with Crippen LogP contribution in [-0.4, -0.2) is 15.6 Å². The van der Waals surface area contributed by atoms with E-state index in [0.717, 1.165) is 12.1 Å². The van der Waals surface area contributed by atoms with Crippen LogP contribution in [0.2, 0.25) is 0 Å². The topological polar surface area (TPSA) is 106 Å². The summed E-state index contributed by atoms with van der Waals surface area (Å²) in [6.07, 6.45) is 0. The summed E-state index contributed by atoms with van der Waals surface area (Å²) < 4.78 is 4.98. The molecule has 0 saturated carbocycles. The number of aromatic nitrogens is 3. The second-order valence-corrected chi connectivity index (χ2v) is 4.06. The van der Waals surface area contributed by atoms with E-state index >= 15 is 0 Å². The van der Waals surface area contributed by atoms with Crippen molar-refractivity contribution in [2.24, 2.45) is 0 Å². The van der Waals surface area contributed by atoms with Gasteiger partial charge in [-0.3, -0.25) is 14.4 Å². The highest BCUT2D eigenvalue weighted by molar-refractivity contribution is 5.74. The van der Waals surface area contributed by atoms with Crippen molar-refractivity contribution in [2.45, 2.75) is 0 Å². The minimum absolute atomic E-state index is 0.195. The Hall–Kier alpha value is -3.35. The molecular weight excluding hydrogens is 286 g/mol. The van der Waals surface area contributed by atoms with Gasteiger partial charge in [0.1, 0.15) is 0 Å². The van der Waals surface area contributed by atoms with Gasteiger partial charge in [0.2, 0.25) is 0 Å². The Morgan fingerprint density at radius 2 is 1.55 bits per heavy atom. The van der Waals surface area contributed by atoms with Crippen LogP contribution in [0.25, 0.3) is 11.0 Å². The predicted octanol–water partition coefficient (Wildman–Crippen LogP) is 0.880. The van der Waals surface area contributed by atoms with E-state index < -0.39 is 11.0 Å². The largest absolute Gasteiger partial charge is 0.337 e. The van der Waals surface area contributed by atoms with E-state index in [0.29, 0.717) is 0 Å². The number of rotatable bonds is 0. The first-order valence-corrected chi connectivity index (χ1v) is 6.24. The summed E-state index contributed by atoms with van der Waals surface area (Å²) in [6.45, 7) is 0. The predicted molar refractivity (Wildman–Crippen MR) is 80.2 cm³/mol. The highest BCUT2D eigenvalue weighted by atomic mass is 16.5. The molecule has 0 bridgehead atoms. The van der Waals surface area contributed by atoms with Crippen LogP contribution in [0.1, 0.15) is 0 Å². The van der Waals surface area contributed by atoms with Crippen molar-refractivity contribution in [1.29, 1.82) is 0 Å². The molecular formula is C15H11N3O4. The third-order valence-corrected chi connectivity index (χ3v) is 2.51. The molecule has 0 atom stereocenters. The number of fused-ring (bicyclic) bond motifs is 1. The van der Waals surface area contributed by atoms with Gasteiger partial charge in [-0.1, -0.05) is 24.3 Å². The van der Waals surface area contributed by atoms with Gasteiger partial charge in [0.25, 0.3) is 5.56 Å². The fourth-order valence-electron chi connectivity index (χ4n) is 1.52. The molecule has 0 aliphatic heterocycles. The van der Waals surface area contributed by atoms with Crippen LogP contribution < -0.4 is 16.4 Å². The lowest BCUT2D eigenvalue weighted by Gasteiger charge is -1.86. The highest BCUT2D eigenvalue weighted by Crippen LogP contribution is 2.03. The average Bonchev–Trinajstić information content (AvgIpc) is 2.53. The number of nitrogens with zero attached hydrogens (tertiary/aromatic N) is 2. The molecule has 0 radical (unpaired) electrons. The second-order valence-electron chi connectivity index (χ2n) is 4.06. The van der Waals surface area contributed by atoms with E-state index in [1.165, 1.54) is 24.3 Å². The van der Waals surface area contributed by atoms with E-state index in [1.54, 1.807) is 24.3 Å². The fraction of sp³-hybridized carbons (Fsp3) is 0. The monoisotopic (exact) mass is 297 g/mol. The zero-order chi connectivity index (χ0) is 15.8. The van der Waals surface area contributed by atoms with Gasteiger partial charge in [-0.05, 0) is 35.5 Å². The first kappa shape index (κ1) is 15.0. The second kappa shape index (κ2) is 7.44. The van der Waals surface area contributed by atoms with Crippen LogP contribution in [-0.2, 0) is 0 Å². The van der Waals surface area contributed by atoms with Gasteiger partial charge >= 0.3 is 0 Å². The molecule has 2 aromatic rings. The van der Waals surface area contributed by atoms with Gasteiger partial charge < -0.3 is 4.52 Å². The maximum atomic E-state index is 12.0. The normalized spacial score (nSPS) is 9.45. The van der Waals surface area contributed by atoms with Crippen molar-refractivity contribution in [3.63, 3.8) is 0 Å². The van der Waals surface area contributed by atoms with Crippen LogP contribution in [0.4, 0.5) is 0 Å². The first-order chi connectivity index (χ1) is 10.7. The molecule has 0 aliphatic rings. The minimum atomic E-state index is -0.635. The van der Waals surface area contributed by atoms with Gasteiger partial charge in [0.15, 0.2) is 16.4 Å². The van der Waals surface area contributed by atoms with Crippen LogP contribution >= 0.6 is 0 Å². The van der Waals surface area contributed by atoms with Gasteiger partial charge in [0.05, 0.1) is 10.7 Å². The molecule has 0 saturated heterocycles. The molecule has 0 unspecified atom stereocenters. The highest BCUT2D eigenvalue weighted by Gasteiger charge is 1.93. The molecule has 110 valence electrons. The number of para-hydroxylation sites is 1. The molecule has 0 amide bonds. The summed E-state index contributed by atoms with van der Waals surface area (Å²) in [6, 6.07) is 13.8. The molecule has 7 heteroatoms. The fourth-order valence-corrected chi connectivity index (χ4v) is 1.52. The van der Waals surface area contributed by atoms with Crippen LogP contribution in [0.3, 0.4) is 0 Å². The number of hydrogen-bond donors (Lipinski definition) is 1. The molecule has 22 heavy (non-hydrogen) atoms. The lowest BCUT2D eigenvalue weighted by atomic mass is 10.2. The van der Waals surface area contributed by atoms with Crippen molar-refractivity contribution in [1.82, 2.24) is 15.6 Å². The van der Waals surface area contributed by atoms with Crippen molar-refractivity contribution in [3.05, 3.63) is 91.5 Å². The van der Waals surface area contributed by atoms with E-state index in [9.17, 15) is 14.4 Å². The molecule has 1 N–H and O–H groups in total.